The van der Waals surface area contributed by atoms with Crippen LogP contribution in [-0.2, 0) is 57.0 Å². The molecule has 0 spiro atoms. The Bertz CT molecular complexity index is 1650. The molecule has 5 saturated heterocycles. The zero-order chi connectivity index (χ0) is 50.7. The summed E-state index contributed by atoms with van der Waals surface area (Å²) in [5.41, 5.74) is 0. The summed E-state index contributed by atoms with van der Waals surface area (Å²) in [6.07, 6.45) is -47.2. The molecule has 68 heavy (non-hydrogen) atoms. The molecule has 0 radical (unpaired) electrons. The van der Waals surface area contributed by atoms with Crippen LogP contribution in [0.15, 0.2) is 0 Å². The Kier molecular flexibility index (Phi) is 19.7. The van der Waals surface area contributed by atoms with Gasteiger partial charge in [-0.2, -0.15) is 0 Å². The normalized spacial score (nSPS) is 46.6. The van der Waals surface area contributed by atoms with Crippen LogP contribution in [0.2, 0.25) is 0 Å². The van der Waals surface area contributed by atoms with Crippen LogP contribution < -0.4 is 10.6 Å². The molecule has 2 amide bonds. The van der Waals surface area contributed by atoms with Gasteiger partial charge in [-0.05, 0) is 0 Å². The van der Waals surface area contributed by atoms with Gasteiger partial charge in [-0.3, -0.25) is 9.59 Å². The van der Waals surface area contributed by atoms with Crippen LogP contribution in [0.4, 0.5) is 0 Å². The molecule has 26 atom stereocenters. The van der Waals surface area contributed by atoms with Crippen LogP contribution in [0.3, 0.4) is 0 Å². The highest BCUT2D eigenvalue weighted by Gasteiger charge is 2.59. The standard InChI is InChI=1S/C37H62N2O29/c1-9(44)38-17-11(46)3-37(36(58)59,68-30(17)19(48)12(47)4-40)60-8-16-29(66-34-26(55)23(52)20(49)13(5-41)62-34)22(51)18(39-10(2)45)33(64-16)67-31-21(50)14(6-42)63-35(27(31)56)65-28-15(7-43)61-32(57)25(54)24(28)53/h11-35,40-43,46-57H,3-8H2,1-2H3,(H,38,44)(H,39,45)(H,58,59)/t11-,12-,13-,14-,15-,16-,17-,18-,19-,20+,21+,22-,23+,24-,25-,26-,27-,28-,29-,30-,31+,32-,33+,34+,35+,37+/m1/s1. The average molecular weight is 999 g/mol. The molecule has 0 aromatic carbocycles. The summed E-state index contributed by atoms with van der Waals surface area (Å²) < 4.78 is 50.9. The van der Waals surface area contributed by atoms with E-state index in [-0.39, 0.29) is 0 Å². The summed E-state index contributed by atoms with van der Waals surface area (Å²) in [6.45, 7) is -3.31. The van der Waals surface area contributed by atoms with Gasteiger partial charge in [0.2, 0.25) is 11.8 Å². The van der Waals surface area contributed by atoms with Crippen LogP contribution >= 0.6 is 0 Å². The number of rotatable bonds is 18. The number of aliphatic carboxylic acids is 1. The van der Waals surface area contributed by atoms with Crippen LogP contribution in [0.25, 0.3) is 0 Å². The molecule has 0 aliphatic carbocycles. The van der Waals surface area contributed by atoms with Crippen molar-refractivity contribution >= 4 is 17.8 Å². The van der Waals surface area contributed by atoms with E-state index in [1.54, 1.807) is 0 Å². The number of amides is 2. The molecule has 394 valence electrons. The maximum Gasteiger partial charge on any atom is 0.364 e. The smallest absolute Gasteiger partial charge is 0.364 e. The molecule has 5 heterocycles. The van der Waals surface area contributed by atoms with Gasteiger partial charge >= 0.3 is 5.97 Å². The van der Waals surface area contributed by atoms with Crippen LogP contribution in [0, 0.1) is 0 Å². The van der Waals surface area contributed by atoms with Crippen molar-refractivity contribution in [2.75, 3.05) is 33.0 Å². The molecule has 5 aliphatic rings. The summed E-state index contributed by atoms with van der Waals surface area (Å²) in [4.78, 5) is 37.8. The van der Waals surface area contributed by atoms with Gasteiger partial charge in [0.1, 0.15) is 116 Å². The molecule has 31 nitrogen and oxygen atoms in total. The number of carboxylic acids is 1. The number of hydrogen-bond donors (Lipinski definition) is 19. The molecule has 0 bridgehead atoms. The first-order valence-corrected chi connectivity index (χ1v) is 21.2. The SMILES string of the molecule is CC(=O)N[C@H]1[C@H](O[C@H]2[C@@H](O)[C@@H](CO)O[C@@H](O[C@H]3[C@H](O)[C@@H](O)[C@H](O)O[C@@H]3CO)[C@@H]2O)O[C@H](CO[C@@]2(C(=O)O)C[C@@H](O)[C@@H](NC(C)=O)[C@H]([C@H](O)[C@H](O)CO)O2)[C@@H](O[C@@H]2O[C@H](CO)[C@H](O)[C@H](O)[C@H]2O)[C@@H]1O. The van der Waals surface area contributed by atoms with E-state index in [4.69, 9.17) is 42.6 Å². The molecule has 19 N–H and O–H groups in total. The molecule has 0 saturated carbocycles. The molecular formula is C37H62N2O29. The van der Waals surface area contributed by atoms with Gasteiger partial charge in [-0.1, -0.05) is 0 Å². The van der Waals surface area contributed by atoms with Crippen molar-refractivity contribution in [3.63, 3.8) is 0 Å². The van der Waals surface area contributed by atoms with Crippen molar-refractivity contribution < 1.29 is 144 Å². The zero-order valence-corrected chi connectivity index (χ0v) is 36.2. The van der Waals surface area contributed by atoms with Crippen molar-refractivity contribution in [1.82, 2.24) is 10.6 Å². The van der Waals surface area contributed by atoms with Gasteiger partial charge in [0.05, 0.1) is 45.2 Å². The summed E-state index contributed by atoms with van der Waals surface area (Å²) in [5.74, 6) is -6.84. The highest BCUT2D eigenvalue weighted by molar-refractivity contribution is 5.76. The second-order valence-electron chi connectivity index (χ2n) is 16.9. The molecule has 5 fully saturated rings. The van der Waals surface area contributed by atoms with Gasteiger partial charge in [0.25, 0.3) is 5.79 Å². The number of ether oxygens (including phenoxy) is 9. The topological polar surface area (TPSA) is 502 Å². The van der Waals surface area contributed by atoms with E-state index in [1.165, 1.54) is 0 Å². The largest absolute Gasteiger partial charge is 0.477 e. The Labute approximate surface area is 384 Å². The number of carbonyl (C=O) groups is 3. The maximum atomic E-state index is 13.0. The van der Waals surface area contributed by atoms with E-state index < -0.39 is 216 Å². The lowest BCUT2D eigenvalue weighted by Crippen LogP contribution is -2.70. The molecular weight excluding hydrogens is 936 g/mol. The highest BCUT2D eigenvalue weighted by Crippen LogP contribution is 2.38. The predicted octanol–water partition coefficient (Wildman–Crippen LogP) is -12.4. The van der Waals surface area contributed by atoms with E-state index in [0.29, 0.717) is 0 Å². The molecule has 5 aliphatic heterocycles. The highest BCUT2D eigenvalue weighted by atomic mass is 16.8. The fourth-order valence-electron chi connectivity index (χ4n) is 8.43. The summed E-state index contributed by atoms with van der Waals surface area (Å²) in [7, 11) is 0. The average Bonchev–Trinajstić information content (AvgIpc) is 3.29. The monoisotopic (exact) mass is 998 g/mol. The van der Waals surface area contributed by atoms with Gasteiger partial charge in [-0.25, -0.2) is 4.79 Å². The second kappa shape index (κ2) is 23.8. The predicted molar refractivity (Wildman–Crippen MR) is 207 cm³/mol. The van der Waals surface area contributed by atoms with Gasteiger partial charge in [-0.15, -0.1) is 0 Å². The van der Waals surface area contributed by atoms with Crippen LogP contribution in [0.5, 0.6) is 0 Å². The number of aliphatic hydroxyl groups is 16. The Morgan fingerprint density at radius 1 is 0.588 bits per heavy atom. The number of hydrogen-bond acceptors (Lipinski definition) is 28. The number of nitrogens with one attached hydrogen (secondary N) is 2. The summed E-state index contributed by atoms with van der Waals surface area (Å²) in [5, 5.41) is 184. The van der Waals surface area contributed by atoms with Crippen molar-refractivity contribution in [2.45, 2.75) is 179 Å². The number of carbonyl (C=O) groups excluding carboxylic acids is 2. The second-order valence-corrected chi connectivity index (χ2v) is 16.9. The third-order valence-corrected chi connectivity index (χ3v) is 12.1. The fraction of sp³-hybridized carbons (Fsp3) is 0.919. The molecule has 0 aromatic heterocycles. The Morgan fingerprint density at radius 2 is 1.10 bits per heavy atom. The molecule has 5 rings (SSSR count). The first-order valence-electron chi connectivity index (χ1n) is 21.2. The van der Waals surface area contributed by atoms with Crippen molar-refractivity contribution in [3.8, 4) is 0 Å². The Morgan fingerprint density at radius 3 is 1.65 bits per heavy atom. The van der Waals surface area contributed by atoms with Crippen molar-refractivity contribution in [3.05, 3.63) is 0 Å². The van der Waals surface area contributed by atoms with Gasteiger partial charge in [0.15, 0.2) is 25.2 Å². The first-order chi connectivity index (χ1) is 31.9. The molecule has 0 unspecified atom stereocenters. The first kappa shape index (κ1) is 56.3. The minimum atomic E-state index is -3.09. The lowest BCUT2D eigenvalue weighted by atomic mass is 9.88. The summed E-state index contributed by atoms with van der Waals surface area (Å²) in [6, 6.07) is -3.55. The van der Waals surface area contributed by atoms with Crippen LogP contribution in [0.1, 0.15) is 20.3 Å². The van der Waals surface area contributed by atoms with Crippen molar-refractivity contribution in [1.29, 1.82) is 0 Å². The van der Waals surface area contributed by atoms with E-state index in [2.05, 4.69) is 10.6 Å². The van der Waals surface area contributed by atoms with E-state index in [1.807, 2.05) is 0 Å². The van der Waals surface area contributed by atoms with Crippen LogP contribution in [-0.4, -0.2) is 297 Å². The molecule has 0 aromatic rings. The number of carboxylic acid groups (broad SMARTS) is 1. The minimum absolute atomic E-state index is 0.814. The van der Waals surface area contributed by atoms with E-state index in [0.717, 1.165) is 13.8 Å². The van der Waals surface area contributed by atoms with E-state index >= 15 is 0 Å². The minimum Gasteiger partial charge on any atom is -0.477 e. The quantitative estimate of drug-likeness (QED) is 0.0606. The third-order valence-electron chi connectivity index (χ3n) is 12.1. The summed E-state index contributed by atoms with van der Waals surface area (Å²) >= 11 is 0. The molecule has 31 heteroatoms. The Hall–Kier alpha value is -2.59. The Balaban J connectivity index is 1.52. The number of aliphatic hydroxyl groups excluding tert-OH is 16. The van der Waals surface area contributed by atoms with E-state index in [9.17, 15) is 101 Å². The fourth-order valence-corrected chi connectivity index (χ4v) is 8.43. The maximum absolute atomic E-state index is 13.0. The zero-order valence-electron chi connectivity index (χ0n) is 36.2. The lowest BCUT2D eigenvalue weighted by Gasteiger charge is -2.50. The third kappa shape index (κ3) is 12.0. The lowest BCUT2D eigenvalue weighted by molar-refractivity contribution is -0.384. The van der Waals surface area contributed by atoms with Crippen molar-refractivity contribution in [2.24, 2.45) is 0 Å². The van der Waals surface area contributed by atoms with Gasteiger partial charge < -0.3 is 140 Å². The van der Waals surface area contributed by atoms with Gasteiger partial charge in [0, 0.05) is 20.3 Å².